The van der Waals surface area contributed by atoms with E-state index in [2.05, 4.69) is 45.7 Å². The number of rotatable bonds is 9. The van der Waals surface area contributed by atoms with Crippen molar-refractivity contribution in [2.75, 3.05) is 45.4 Å². The lowest BCUT2D eigenvalue weighted by Gasteiger charge is -2.23. The maximum absolute atomic E-state index is 12.9. The number of hydrogen-bond donors (Lipinski definition) is 1. The number of thiazole rings is 1. The standard InChI is InChI=1S/C22H27N5OS2/c1-26(2)12-13-27(3)21-18(22(28)24-15-20-23-11-14-30-20)9-10-19(25-21)16-5-7-17(29-4)8-6-16/h5-11,14H,12-13,15H2,1-4H3,(H,24,28). The van der Waals surface area contributed by atoms with Crippen molar-refractivity contribution in [1.82, 2.24) is 20.2 Å². The Morgan fingerprint density at radius 1 is 1.10 bits per heavy atom. The summed E-state index contributed by atoms with van der Waals surface area (Å²) in [6.07, 6.45) is 3.80. The predicted octanol–water partition coefficient (Wildman–Crippen LogP) is 3.85. The fourth-order valence-electron chi connectivity index (χ4n) is 2.89. The van der Waals surface area contributed by atoms with Gasteiger partial charge in [-0.3, -0.25) is 4.79 Å². The van der Waals surface area contributed by atoms with Gasteiger partial charge in [-0.25, -0.2) is 9.97 Å². The van der Waals surface area contributed by atoms with E-state index in [0.717, 1.165) is 29.4 Å². The molecule has 3 rings (SSSR count). The summed E-state index contributed by atoms with van der Waals surface area (Å²) in [5.74, 6) is 0.536. The third kappa shape index (κ3) is 5.81. The van der Waals surface area contributed by atoms with Gasteiger partial charge in [-0.1, -0.05) is 12.1 Å². The van der Waals surface area contributed by atoms with Gasteiger partial charge in [0.1, 0.15) is 10.8 Å². The van der Waals surface area contributed by atoms with Crippen LogP contribution in [0.3, 0.4) is 0 Å². The van der Waals surface area contributed by atoms with Crippen molar-refractivity contribution in [2.24, 2.45) is 0 Å². The van der Waals surface area contributed by atoms with Gasteiger partial charge in [-0.2, -0.15) is 0 Å². The van der Waals surface area contributed by atoms with E-state index >= 15 is 0 Å². The number of anilines is 1. The molecule has 0 aliphatic carbocycles. The first-order valence-electron chi connectivity index (χ1n) is 9.66. The number of nitrogens with zero attached hydrogens (tertiary/aromatic N) is 4. The Balaban J connectivity index is 1.88. The molecule has 2 heterocycles. The Morgan fingerprint density at radius 3 is 2.50 bits per heavy atom. The number of hydrogen-bond acceptors (Lipinski definition) is 7. The molecule has 1 N–H and O–H groups in total. The van der Waals surface area contributed by atoms with Gasteiger partial charge in [0.15, 0.2) is 0 Å². The molecule has 0 bridgehead atoms. The van der Waals surface area contributed by atoms with Gasteiger partial charge >= 0.3 is 0 Å². The normalized spacial score (nSPS) is 11.0. The molecule has 1 amide bonds. The van der Waals surface area contributed by atoms with Gasteiger partial charge < -0.3 is 15.1 Å². The summed E-state index contributed by atoms with van der Waals surface area (Å²) in [5, 5.41) is 5.75. The van der Waals surface area contributed by atoms with Crippen molar-refractivity contribution in [1.29, 1.82) is 0 Å². The number of benzene rings is 1. The van der Waals surface area contributed by atoms with E-state index in [0.29, 0.717) is 17.9 Å². The lowest BCUT2D eigenvalue weighted by Crippen LogP contribution is -2.32. The minimum absolute atomic E-state index is 0.145. The number of pyridine rings is 1. The van der Waals surface area contributed by atoms with Crippen molar-refractivity contribution in [3.8, 4) is 11.3 Å². The number of likely N-dealkylation sites (N-methyl/N-ethyl adjacent to an activating group) is 2. The molecular formula is C22H27N5OS2. The van der Waals surface area contributed by atoms with Gasteiger partial charge in [0.05, 0.1) is 17.8 Å². The van der Waals surface area contributed by atoms with E-state index in [9.17, 15) is 4.79 Å². The van der Waals surface area contributed by atoms with Crippen LogP contribution in [0.2, 0.25) is 0 Å². The van der Waals surface area contributed by atoms with Crippen molar-refractivity contribution in [2.45, 2.75) is 11.4 Å². The van der Waals surface area contributed by atoms with Crippen LogP contribution in [-0.4, -0.2) is 61.3 Å². The highest BCUT2D eigenvalue weighted by atomic mass is 32.2. The zero-order valence-corrected chi connectivity index (χ0v) is 19.4. The van der Waals surface area contributed by atoms with E-state index in [1.165, 1.54) is 16.2 Å². The van der Waals surface area contributed by atoms with E-state index in [4.69, 9.17) is 4.98 Å². The van der Waals surface area contributed by atoms with Gasteiger partial charge in [0, 0.05) is 42.2 Å². The fourth-order valence-corrected chi connectivity index (χ4v) is 3.85. The summed E-state index contributed by atoms with van der Waals surface area (Å²) in [6.45, 7) is 2.04. The maximum Gasteiger partial charge on any atom is 0.255 e. The molecule has 6 nitrogen and oxygen atoms in total. The predicted molar refractivity (Wildman–Crippen MR) is 127 cm³/mol. The van der Waals surface area contributed by atoms with Gasteiger partial charge in [0.25, 0.3) is 5.91 Å². The molecule has 0 saturated carbocycles. The lowest BCUT2D eigenvalue weighted by atomic mass is 10.1. The minimum atomic E-state index is -0.145. The quantitative estimate of drug-likeness (QED) is 0.509. The van der Waals surface area contributed by atoms with Crippen LogP contribution in [0, 0.1) is 0 Å². The second-order valence-electron chi connectivity index (χ2n) is 7.13. The van der Waals surface area contributed by atoms with E-state index in [-0.39, 0.29) is 5.91 Å². The second kappa shape index (κ2) is 10.6. The Kier molecular flexibility index (Phi) is 7.84. The average molecular weight is 442 g/mol. The third-order valence-electron chi connectivity index (χ3n) is 4.63. The summed E-state index contributed by atoms with van der Waals surface area (Å²) in [6, 6.07) is 12.1. The van der Waals surface area contributed by atoms with Crippen LogP contribution in [0.15, 0.2) is 52.9 Å². The topological polar surface area (TPSA) is 61.4 Å². The fraction of sp³-hybridized carbons (Fsp3) is 0.318. The molecule has 0 spiro atoms. The Bertz CT molecular complexity index is 958. The van der Waals surface area contributed by atoms with Gasteiger partial charge in [0.2, 0.25) is 0 Å². The zero-order valence-electron chi connectivity index (χ0n) is 17.8. The molecule has 0 aliphatic rings. The lowest BCUT2D eigenvalue weighted by molar-refractivity contribution is 0.0951. The molecule has 0 saturated heterocycles. The molecule has 1 aromatic carbocycles. The Labute approximate surface area is 186 Å². The number of aromatic nitrogens is 2. The molecule has 0 atom stereocenters. The number of nitrogens with one attached hydrogen (secondary N) is 1. The molecular weight excluding hydrogens is 414 g/mol. The largest absolute Gasteiger partial charge is 0.358 e. The molecule has 0 aliphatic heterocycles. The molecule has 30 heavy (non-hydrogen) atoms. The van der Waals surface area contributed by atoms with Gasteiger partial charge in [-0.05, 0) is 44.6 Å². The first-order chi connectivity index (χ1) is 14.5. The van der Waals surface area contributed by atoms with Gasteiger partial charge in [-0.15, -0.1) is 23.1 Å². The van der Waals surface area contributed by atoms with Crippen LogP contribution < -0.4 is 10.2 Å². The SMILES string of the molecule is CSc1ccc(-c2ccc(C(=O)NCc3nccs3)c(N(C)CCN(C)C)n2)cc1. The molecule has 2 aromatic heterocycles. The van der Waals surface area contributed by atoms with Crippen molar-refractivity contribution in [3.63, 3.8) is 0 Å². The first kappa shape index (κ1) is 22.3. The van der Waals surface area contributed by atoms with Crippen LogP contribution in [0.5, 0.6) is 0 Å². The van der Waals surface area contributed by atoms with Crippen molar-refractivity contribution in [3.05, 3.63) is 58.5 Å². The third-order valence-corrected chi connectivity index (χ3v) is 6.16. The van der Waals surface area contributed by atoms with Crippen molar-refractivity contribution < 1.29 is 4.79 Å². The zero-order chi connectivity index (χ0) is 21.5. The minimum Gasteiger partial charge on any atom is -0.358 e. The Hall–Kier alpha value is -2.42. The van der Waals surface area contributed by atoms with E-state index < -0.39 is 0 Å². The van der Waals surface area contributed by atoms with Crippen LogP contribution >= 0.6 is 23.1 Å². The monoisotopic (exact) mass is 441 g/mol. The summed E-state index contributed by atoms with van der Waals surface area (Å²) in [4.78, 5) is 27.4. The van der Waals surface area contributed by atoms with Crippen LogP contribution in [0.1, 0.15) is 15.4 Å². The summed E-state index contributed by atoms with van der Waals surface area (Å²) in [5.41, 5.74) is 2.45. The number of carbonyl (C=O) groups excluding carboxylic acids is 1. The van der Waals surface area contributed by atoms with Crippen LogP contribution in [0.4, 0.5) is 5.82 Å². The number of amides is 1. The molecule has 0 fully saturated rings. The Morgan fingerprint density at radius 2 is 1.87 bits per heavy atom. The van der Waals surface area contributed by atoms with E-state index in [1.54, 1.807) is 18.0 Å². The average Bonchev–Trinajstić information content (AvgIpc) is 3.29. The highest BCUT2D eigenvalue weighted by Gasteiger charge is 2.18. The highest BCUT2D eigenvalue weighted by Crippen LogP contribution is 2.26. The van der Waals surface area contributed by atoms with E-state index in [1.807, 2.05) is 43.6 Å². The maximum atomic E-state index is 12.9. The summed E-state index contributed by atoms with van der Waals surface area (Å²) in [7, 11) is 6.04. The number of carbonyl (C=O) groups is 1. The molecule has 3 aromatic rings. The molecule has 0 radical (unpaired) electrons. The summed E-state index contributed by atoms with van der Waals surface area (Å²) < 4.78 is 0. The van der Waals surface area contributed by atoms with Crippen molar-refractivity contribution >= 4 is 34.8 Å². The second-order valence-corrected chi connectivity index (χ2v) is 8.99. The smallest absolute Gasteiger partial charge is 0.255 e. The first-order valence-corrected chi connectivity index (χ1v) is 11.8. The summed E-state index contributed by atoms with van der Waals surface area (Å²) >= 11 is 3.24. The highest BCUT2D eigenvalue weighted by molar-refractivity contribution is 7.98. The molecule has 8 heteroatoms. The molecule has 0 unspecified atom stereocenters. The van der Waals surface area contributed by atoms with Crippen LogP contribution in [-0.2, 0) is 6.54 Å². The molecule has 158 valence electrons. The van der Waals surface area contributed by atoms with Crippen LogP contribution in [0.25, 0.3) is 11.3 Å². The number of thioether (sulfide) groups is 1.